The minimum Gasteiger partial charge on any atom is -0.306 e. The summed E-state index contributed by atoms with van der Waals surface area (Å²) < 4.78 is 26.2. The van der Waals surface area contributed by atoms with Crippen LogP contribution in [-0.4, -0.2) is 4.98 Å². The third kappa shape index (κ3) is 3.11. The van der Waals surface area contributed by atoms with Gasteiger partial charge in [-0.3, -0.25) is 4.98 Å². The summed E-state index contributed by atoms with van der Waals surface area (Å²) in [5.41, 5.74) is 1.53. The highest BCUT2D eigenvalue weighted by Crippen LogP contribution is 2.13. The van der Waals surface area contributed by atoms with Crippen molar-refractivity contribution in [2.75, 3.05) is 0 Å². The van der Waals surface area contributed by atoms with Crippen molar-refractivity contribution >= 4 is 0 Å². The van der Waals surface area contributed by atoms with Crippen LogP contribution in [0.2, 0.25) is 0 Å². The largest absolute Gasteiger partial charge is 0.306 e. The minimum atomic E-state index is -0.557. The van der Waals surface area contributed by atoms with E-state index >= 15 is 0 Å². The summed E-state index contributed by atoms with van der Waals surface area (Å²) >= 11 is 0. The quantitative estimate of drug-likeness (QED) is 0.898. The molecule has 0 aliphatic carbocycles. The Morgan fingerprint density at radius 1 is 1.17 bits per heavy atom. The fourth-order valence-corrected chi connectivity index (χ4v) is 1.70. The molecule has 0 fully saturated rings. The van der Waals surface area contributed by atoms with Crippen molar-refractivity contribution in [1.29, 1.82) is 0 Å². The maximum atomic E-state index is 13.4. The molecule has 1 atom stereocenters. The first-order valence-electron chi connectivity index (χ1n) is 5.74. The zero-order valence-corrected chi connectivity index (χ0v) is 10.0. The predicted molar refractivity (Wildman–Crippen MR) is 65.8 cm³/mol. The summed E-state index contributed by atoms with van der Waals surface area (Å²) in [6, 6.07) is 7.50. The molecular formula is C14H14F2N2. The Morgan fingerprint density at radius 3 is 2.56 bits per heavy atom. The molecule has 1 N–H and O–H groups in total. The second-order valence-electron chi connectivity index (χ2n) is 4.12. The van der Waals surface area contributed by atoms with Gasteiger partial charge in [0, 0.05) is 36.6 Å². The Hall–Kier alpha value is -1.81. The first-order chi connectivity index (χ1) is 8.66. The summed E-state index contributed by atoms with van der Waals surface area (Å²) in [7, 11) is 0. The summed E-state index contributed by atoms with van der Waals surface area (Å²) in [5.74, 6) is -1.08. The van der Waals surface area contributed by atoms with Crippen molar-refractivity contribution in [2.24, 2.45) is 0 Å². The van der Waals surface area contributed by atoms with Gasteiger partial charge >= 0.3 is 0 Å². The van der Waals surface area contributed by atoms with Crippen LogP contribution in [0.1, 0.15) is 24.1 Å². The lowest BCUT2D eigenvalue weighted by molar-refractivity contribution is 0.533. The molecule has 0 unspecified atom stereocenters. The molecule has 0 aliphatic heterocycles. The maximum absolute atomic E-state index is 13.4. The molecule has 0 bridgehead atoms. The molecule has 0 aliphatic rings. The van der Waals surface area contributed by atoms with Gasteiger partial charge in [0.1, 0.15) is 11.6 Å². The summed E-state index contributed by atoms with van der Waals surface area (Å²) in [5, 5.41) is 3.19. The van der Waals surface area contributed by atoms with E-state index < -0.39 is 11.6 Å². The highest BCUT2D eigenvalue weighted by molar-refractivity contribution is 5.19. The standard InChI is InChI=1S/C14H14F2N2/c1-10(11-4-6-17-7-5-11)18-9-12-2-3-13(15)8-14(12)16/h2-8,10,18H,9H2,1H3/t10-/m0/s1. The Morgan fingerprint density at radius 2 is 1.89 bits per heavy atom. The van der Waals surface area contributed by atoms with Crippen molar-refractivity contribution in [3.05, 3.63) is 65.5 Å². The van der Waals surface area contributed by atoms with Crippen LogP contribution in [0.25, 0.3) is 0 Å². The van der Waals surface area contributed by atoms with E-state index in [1.54, 1.807) is 12.4 Å². The molecular weight excluding hydrogens is 234 g/mol. The Kier molecular flexibility index (Phi) is 3.99. The van der Waals surface area contributed by atoms with Gasteiger partial charge in [-0.2, -0.15) is 0 Å². The molecule has 2 aromatic rings. The van der Waals surface area contributed by atoms with Crippen LogP contribution in [0, 0.1) is 11.6 Å². The van der Waals surface area contributed by atoms with E-state index in [0.29, 0.717) is 12.1 Å². The van der Waals surface area contributed by atoms with Crippen molar-refractivity contribution in [3.63, 3.8) is 0 Å². The lowest BCUT2D eigenvalue weighted by Gasteiger charge is -2.14. The number of hydrogen-bond acceptors (Lipinski definition) is 2. The molecule has 94 valence electrons. The van der Waals surface area contributed by atoms with Crippen LogP contribution in [0.3, 0.4) is 0 Å². The number of halogens is 2. The minimum absolute atomic E-state index is 0.0810. The van der Waals surface area contributed by atoms with Gasteiger partial charge in [-0.1, -0.05) is 6.07 Å². The Balaban J connectivity index is 1.99. The van der Waals surface area contributed by atoms with Crippen molar-refractivity contribution < 1.29 is 8.78 Å². The molecule has 1 aromatic heterocycles. The number of nitrogens with zero attached hydrogens (tertiary/aromatic N) is 1. The summed E-state index contributed by atoms with van der Waals surface area (Å²) in [6.45, 7) is 2.34. The average Bonchev–Trinajstić information content (AvgIpc) is 2.38. The van der Waals surface area contributed by atoms with Gasteiger partial charge in [0.2, 0.25) is 0 Å². The van der Waals surface area contributed by atoms with Gasteiger partial charge in [0.05, 0.1) is 0 Å². The van der Waals surface area contributed by atoms with Gasteiger partial charge < -0.3 is 5.32 Å². The van der Waals surface area contributed by atoms with Crippen LogP contribution < -0.4 is 5.32 Å². The van der Waals surface area contributed by atoms with E-state index in [4.69, 9.17) is 0 Å². The van der Waals surface area contributed by atoms with E-state index in [1.165, 1.54) is 12.1 Å². The van der Waals surface area contributed by atoms with Crippen molar-refractivity contribution in [2.45, 2.75) is 19.5 Å². The van der Waals surface area contributed by atoms with Gasteiger partial charge in [-0.25, -0.2) is 8.78 Å². The zero-order chi connectivity index (χ0) is 13.0. The lowest BCUT2D eigenvalue weighted by atomic mass is 10.1. The van der Waals surface area contributed by atoms with Crippen LogP contribution in [0.4, 0.5) is 8.78 Å². The Bertz CT molecular complexity index is 514. The third-order valence-electron chi connectivity index (χ3n) is 2.82. The lowest BCUT2D eigenvalue weighted by Crippen LogP contribution is -2.18. The molecule has 0 saturated heterocycles. The topological polar surface area (TPSA) is 24.9 Å². The normalized spacial score (nSPS) is 12.4. The molecule has 0 amide bonds. The van der Waals surface area contributed by atoms with E-state index in [2.05, 4.69) is 10.3 Å². The van der Waals surface area contributed by atoms with Gasteiger partial charge in [0.25, 0.3) is 0 Å². The number of aromatic nitrogens is 1. The summed E-state index contributed by atoms with van der Waals surface area (Å²) in [4.78, 5) is 3.94. The smallest absolute Gasteiger partial charge is 0.130 e. The number of pyridine rings is 1. The van der Waals surface area contributed by atoms with Crippen LogP contribution in [0.5, 0.6) is 0 Å². The number of hydrogen-bond donors (Lipinski definition) is 1. The number of benzene rings is 1. The number of nitrogens with one attached hydrogen (secondary N) is 1. The second kappa shape index (κ2) is 5.69. The molecule has 0 spiro atoms. The van der Waals surface area contributed by atoms with Gasteiger partial charge in [-0.15, -0.1) is 0 Å². The molecule has 1 heterocycles. The van der Waals surface area contributed by atoms with Crippen molar-refractivity contribution in [1.82, 2.24) is 10.3 Å². The highest BCUT2D eigenvalue weighted by atomic mass is 19.1. The summed E-state index contributed by atoms with van der Waals surface area (Å²) in [6.07, 6.45) is 3.43. The van der Waals surface area contributed by atoms with Gasteiger partial charge in [-0.05, 0) is 30.7 Å². The zero-order valence-electron chi connectivity index (χ0n) is 10.0. The maximum Gasteiger partial charge on any atom is 0.130 e. The van der Waals surface area contributed by atoms with Crippen molar-refractivity contribution in [3.8, 4) is 0 Å². The molecule has 1 aromatic carbocycles. The van der Waals surface area contributed by atoms with E-state index in [1.807, 2.05) is 19.1 Å². The SMILES string of the molecule is C[C@H](NCc1ccc(F)cc1F)c1ccncc1. The number of rotatable bonds is 4. The second-order valence-corrected chi connectivity index (χ2v) is 4.12. The van der Waals surface area contributed by atoms with E-state index in [0.717, 1.165) is 11.6 Å². The molecule has 2 nitrogen and oxygen atoms in total. The van der Waals surface area contributed by atoms with E-state index in [9.17, 15) is 8.78 Å². The van der Waals surface area contributed by atoms with Crippen LogP contribution in [-0.2, 0) is 6.54 Å². The first kappa shape index (κ1) is 12.6. The van der Waals surface area contributed by atoms with Crippen LogP contribution >= 0.6 is 0 Å². The molecule has 0 radical (unpaired) electrons. The molecule has 2 rings (SSSR count). The van der Waals surface area contributed by atoms with Gasteiger partial charge in [0.15, 0.2) is 0 Å². The Labute approximate surface area is 105 Å². The first-order valence-corrected chi connectivity index (χ1v) is 5.74. The highest BCUT2D eigenvalue weighted by Gasteiger charge is 2.07. The monoisotopic (exact) mass is 248 g/mol. The average molecular weight is 248 g/mol. The third-order valence-corrected chi connectivity index (χ3v) is 2.82. The molecule has 4 heteroatoms. The fourth-order valence-electron chi connectivity index (χ4n) is 1.70. The predicted octanol–water partition coefficient (Wildman–Crippen LogP) is 3.21. The van der Waals surface area contributed by atoms with E-state index in [-0.39, 0.29) is 6.04 Å². The molecule has 0 saturated carbocycles. The van der Waals surface area contributed by atoms with Crippen LogP contribution in [0.15, 0.2) is 42.7 Å². The molecule has 18 heavy (non-hydrogen) atoms. The fraction of sp³-hybridized carbons (Fsp3) is 0.214.